The fourth-order valence-corrected chi connectivity index (χ4v) is 4.02. The smallest absolute Gasteiger partial charge is 0.255 e. The number of ether oxygens (including phenoxy) is 2. The number of carbonyl (C=O) groups excluding carboxylic acids is 2. The Hall–Kier alpha value is -3.69. The lowest BCUT2D eigenvalue weighted by Gasteiger charge is -2.32. The van der Waals surface area contributed by atoms with Crippen molar-refractivity contribution < 1.29 is 23.5 Å². The summed E-state index contributed by atoms with van der Waals surface area (Å²) in [5.41, 5.74) is 0.660. The van der Waals surface area contributed by atoms with Crippen molar-refractivity contribution in [3.63, 3.8) is 0 Å². The van der Waals surface area contributed by atoms with Crippen molar-refractivity contribution in [2.75, 3.05) is 38.1 Å². The van der Waals surface area contributed by atoms with Gasteiger partial charge in [-0.1, -0.05) is 12.6 Å². The van der Waals surface area contributed by atoms with Crippen molar-refractivity contribution in [1.82, 2.24) is 19.8 Å². The van der Waals surface area contributed by atoms with Crippen LogP contribution < -0.4 is 14.8 Å². The normalized spacial score (nSPS) is 18.0. The van der Waals surface area contributed by atoms with Crippen molar-refractivity contribution in [2.45, 2.75) is 31.8 Å². The SMILES string of the molecule is C=CC(=O)N1CCC[C@@H](Oc2nc(Nc3cccc(OCCN4CCCC4=O)c3)ncc2F)C1. The molecule has 180 valence electrons. The lowest BCUT2D eigenvalue weighted by molar-refractivity contribution is -0.129. The molecule has 0 bridgehead atoms. The standard InChI is InChI=1S/C24H28FN5O4/c1-2-21(31)30-11-4-8-19(16-30)34-23-20(25)15-26-24(28-23)27-17-6-3-7-18(14-17)33-13-12-29-10-5-9-22(29)32/h2-3,6-7,14-15,19H,1,4-5,8-13,16H2,(H,26,27,28)/t19-/m1/s1. The Kier molecular flexibility index (Phi) is 7.56. The molecule has 10 heteroatoms. The summed E-state index contributed by atoms with van der Waals surface area (Å²) in [5.74, 6) is -0.0495. The van der Waals surface area contributed by atoms with E-state index in [1.54, 1.807) is 15.9 Å². The van der Waals surface area contributed by atoms with Gasteiger partial charge in [0.1, 0.15) is 18.5 Å². The first-order chi connectivity index (χ1) is 16.5. The molecular formula is C24H28FN5O4. The van der Waals surface area contributed by atoms with E-state index in [0.717, 1.165) is 25.6 Å². The average molecular weight is 470 g/mol. The number of aromatic nitrogens is 2. The zero-order valence-corrected chi connectivity index (χ0v) is 18.9. The van der Waals surface area contributed by atoms with Gasteiger partial charge in [-0.15, -0.1) is 0 Å². The molecule has 2 fully saturated rings. The molecule has 0 aliphatic carbocycles. The third-order valence-electron chi connectivity index (χ3n) is 5.75. The number of hydrogen-bond donors (Lipinski definition) is 1. The number of carbonyl (C=O) groups is 2. The van der Waals surface area contributed by atoms with Crippen molar-refractivity contribution in [3.05, 3.63) is 48.9 Å². The van der Waals surface area contributed by atoms with Gasteiger partial charge in [0.2, 0.25) is 23.6 Å². The minimum absolute atomic E-state index is 0.165. The Morgan fingerprint density at radius 1 is 1.32 bits per heavy atom. The van der Waals surface area contributed by atoms with Gasteiger partial charge < -0.3 is 24.6 Å². The maximum atomic E-state index is 14.3. The largest absolute Gasteiger partial charge is 0.492 e. The van der Waals surface area contributed by atoms with E-state index < -0.39 is 5.82 Å². The van der Waals surface area contributed by atoms with Crippen molar-refractivity contribution >= 4 is 23.5 Å². The molecule has 2 amide bonds. The quantitative estimate of drug-likeness (QED) is 0.564. The third kappa shape index (κ3) is 6.00. The van der Waals surface area contributed by atoms with Crippen LogP contribution in [0.3, 0.4) is 0 Å². The number of rotatable bonds is 9. The van der Waals surface area contributed by atoms with E-state index in [9.17, 15) is 14.0 Å². The van der Waals surface area contributed by atoms with Gasteiger partial charge in [-0.2, -0.15) is 9.37 Å². The van der Waals surface area contributed by atoms with E-state index in [1.807, 2.05) is 18.2 Å². The minimum atomic E-state index is -0.675. The van der Waals surface area contributed by atoms with Crippen LogP contribution in [0.2, 0.25) is 0 Å². The van der Waals surface area contributed by atoms with E-state index in [-0.39, 0.29) is 29.7 Å². The van der Waals surface area contributed by atoms with Crippen LogP contribution in [0, 0.1) is 5.82 Å². The number of anilines is 2. The summed E-state index contributed by atoms with van der Waals surface area (Å²) in [7, 11) is 0. The zero-order valence-electron chi connectivity index (χ0n) is 18.9. The third-order valence-corrected chi connectivity index (χ3v) is 5.75. The minimum Gasteiger partial charge on any atom is -0.492 e. The second-order valence-electron chi connectivity index (χ2n) is 8.20. The van der Waals surface area contributed by atoms with E-state index in [2.05, 4.69) is 21.9 Å². The van der Waals surface area contributed by atoms with Crippen LogP contribution in [0.5, 0.6) is 11.6 Å². The fourth-order valence-electron chi connectivity index (χ4n) is 4.02. The molecule has 34 heavy (non-hydrogen) atoms. The molecule has 1 aromatic carbocycles. The first-order valence-electron chi connectivity index (χ1n) is 11.4. The summed E-state index contributed by atoms with van der Waals surface area (Å²) in [6.45, 7) is 6.20. The predicted molar refractivity (Wildman–Crippen MR) is 123 cm³/mol. The van der Waals surface area contributed by atoms with Crippen LogP contribution in [0.25, 0.3) is 0 Å². The second-order valence-corrected chi connectivity index (χ2v) is 8.20. The molecular weight excluding hydrogens is 441 g/mol. The molecule has 2 aromatic rings. The molecule has 1 N–H and O–H groups in total. The molecule has 2 aliphatic heterocycles. The molecule has 9 nitrogen and oxygen atoms in total. The van der Waals surface area contributed by atoms with Crippen molar-refractivity contribution in [3.8, 4) is 11.6 Å². The van der Waals surface area contributed by atoms with Gasteiger partial charge in [0.05, 0.1) is 19.3 Å². The van der Waals surface area contributed by atoms with E-state index in [1.165, 1.54) is 6.08 Å². The maximum absolute atomic E-state index is 14.3. The number of hydrogen-bond acceptors (Lipinski definition) is 7. The van der Waals surface area contributed by atoms with Crippen molar-refractivity contribution in [2.24, 2.45) is 0 Å². The number of nitrogens with one attached hydrogen (secondary N) is 1. The molecule has 0 spiro atoms. The molecule has 1 aromatic heterocycles. The van der Waals surface area contributed by atoms with Gasteiger partial charge in [-0.25, -0.2) is 4.98 Å². The lowest BCUT2D eigenvalue weighted by atomic mass is 10.1. The summed E-state index contributed by atoms with van der Waals surface area (Å²) in [4.78, 5) is 35.2. The zero-order chi connectivity index (χ0) is 23.9. The average Bonchev–Trinajstić information content (AvgIpc) is 3.25. The number of amides is 2. The van der Waals surface area contributed by atoms with Crippen LogP contribution in [-0.2, 0) is 9.59 Å². The van der Waals surface area contributed by atoms with Crippen LogP contribution in [0.15, 0.2) is 43.1 Å². The monoisotopic (exact) mass is 469 g/mol. The number of benzene rings is 1. The molecule has 1 atom stereocenters. The number of halogens is 1. The van der Waals surface area contributed by atoms with Crippen molar-refractivity contribution in [1.29, 1.82) is 0 Å². The van der Waals surface area contributed by atoms with Crippen LogP contribution in [-0.4, -0.2) is 70.5 Å². The summed E-state index contributed by atoms with van der Waals surface area (Å²) < 4.78 is 25.9. The summed E-state index contributed by atoms with van der Waals surface area (Å²) in [5, 5.41) is 3.03. The van der Waals surface area contributed by atoms with E-state index in [0.29, 0.717) is 50.5 Å². The van der Waals surface area contributed by atoms with E-state index >= 15 is 0 Å². The molecule has 2 aliphatic rings. The molecule has 0 radical (unpaired) electrons. The van der Waals surface area contributed by atoms with Gasteiger partial charge in [0, 0.05) is 31.3 Å². The van der Waals surface area contributed by atoms with Crippen LogP contribution in [0.1, 0.15) is 25.7 Å². The second kappa shape index (κ2) is 11.0. The molecule has 3 heterocycles. The molecule has 2 saturated heterocycles. The molecule has 0 unspecified atom stereocenters. The number of piperidine rings is 1. The highest BCUT2D eigenvalue weighted by atomic mass is 19.1. The first kappa shape index (κ1) is 23.5. The van der Waals surface area contributed by atoms with Gasteiger partial charge in [0.25, 0.3) is 5.88 Å². The van der Waals surface area contributed by atoms with Gasteiger partial charge >= 0.3 is 0 Å². The van der Waals surface area contributed by atoms with Crippen LogP contribution in [0.4, 0.5) is 16.0 Å². The predicted octanol–water partition coefficient (Wildman–Crippen LogP) is 2.92. The maximum Gasteiger partial charge on any atom is 0.255 e. The highest BCUT2D eigenvalue weighted by molar-refractivity contribution is 5.87. The Bertz CT molecular complexity index is 1050. The van der Waals surface area contributed by atoms with Gasteiger partial charge in [-0.3, -0.25) is 9.59 Å². The lowest BCUT2D eigenvalue weighted by Crippen LogP contribution is -2.43. The summed E-state index contributed by atoms with van der Waals surface area (Å²) in [6.07, 6.45) is 4.89. The Morgan fingerprint density at radius 3 is 3.00 bits per heavy atom. The van der Waals surface area contributed by atoms with Gasteiger partial charge in [0.15, 0.2) is 0 Å². The van der Waals surface area contributed by atoms with Gasteiger partial charge in [-0.05, 0) is 37.5 Å². The number of nitrogens with zero attached hydrogens (tertiary/aromatic N) is 4. The fraction of sp³-hybridized carbons (Fsp3) is 0.417. The van der Waals surface area contributed by atoms with Crippen LogP contribution >= 0.6 is 0 Å². The Balaban J connectivity index is 1.35. The highest BCUT2D eigenvalue weighted by Gasteiger charge is 2.25. The molecule has 0 saturated carbocycles. The topological polar surface area (TPSA) is 96.9 Å². The molecule has 4 rings (SSSR count). The Labute approximate surface area is 197 Å². The summed E-state index contributed by atoms with van der Waals surface area (Å²) >= 11 is 0. The first-order valence-corrected chi connectivity index (χ1v) is 11.4. The Morgan fingerprint density at radius 2 is 2.21 bits per heavy atom. The number of likely N-dealkylation sites (tertiary alicyclic amines) is 2. The van der Waals surface area contributed by atoms with E-state index in [4.69, 9.17) is 9.47 Å². The summed E-state index contributed by atoms with van der Waals surface area (Å²) in [6, 6.07) is 7.21. The highest BCUT2D eigenvalue weighted by Crippen LogP contribution is 2.24.